The fourth-order valence-electron chi connectivity index (χ4n) is 1.22. The van der Waals surface area contributed by atoms with Gasteiger partial charge < -0.3 is 9.47 Å². The number of carbonyl (C=O) groups is 1. The van der Waals surface area contributed by atoms with E-state index >= 15 is 0 Å². The highest BCUT2D eigenvalue weighted by molar-refractivity contribution is 9.12. The largest absolute Gasteiger partial charge is 0.508 e. The number of unbranched alkanes of at least 4 members (excludes halogenated alkanes) is 1. The third-order valence-corrected chi connectivity index (χ3v) is 3.05. The Bertz CT molecular complexity index is 310. The summed E-state index contributed by atoms with van der Waals surface area (Å²) in [6, 6.07) is 0. The van der Waals surface area contributed by atoms with Gasteiger partial charge in [-0.15, -0.1) is 0 Å². The molecule has 1 aliphatic carbocycles. The van der Waals surface area contributed by atoms with Crippen molar-refractivity contribution in [3.8, 4) is 0 Å². The van der Waals surface area contributed by atoms with Crippen LogP contribution in [0.25, 0.3) is 0 Å². The maximum absolute atomic E-state index is 11.3. The van der Waals surface area contributed by atoms with Crippen LogP contribution in [0.15, 0.2) is 21.1 Å². The summed E-state index contributed by atoms with van der Waals surface area (Å²) in [5, 5.41) is 0. The fourth-order valence-corrected chi connectivity index (χ4v) is 2.66. The van der Waals surface area contributed by atoms with Crippen LogP contribution >= 0.6 is 31.9 Å². The molecule has 0 N–H and O–H groups in total. The Morgan fingerprint density at radius 2 is 2.31 bits per heavy atom. The number of halogens is 2. The van der Waals surface area contributed by atoms with Crippen molar-refractivity contribution < 1.29 is 14.3 Å². The standard InChI is InChI=1S/C11H14Br2O3/c1-2-3-4-15-11(14)16-10-6-8(12)5-9(13)7-10/h5-6,10H,2-4,7H2,1H3. The Balaban J connectivity index is 2.32. The van der Waals surface area contributed by atoms with E-state index < -0.39 is 6.16 Å². The molecule has 0 amide bonds. The van der Waals surface area contributed by atoms with Crippen LogP contribution in [0, 0.1) is 0 Å². The summed E-state index contributed by atoms with van der Waals surface area (Å²) in [4.78, 5) is 11.3. The lowest BCUT2D eigenvalue weighted by atomic mass is 10.1. The smallest absolute Gasteiger partial charge is 0.434 e. The zero-order valence-corrected chi connectivity index (χ0v) is 12.2. The Morgan fingerprint density at radius 1 is 1.56 bits per heavy atom. The number of hydrogen-bond acceptors (Lipinski definition) is 3. The summed E-state index contributed by atoms with van der Waals surface area (Å²) in [5.41, 5.74) is 0. The Kier molecular flexibility index (Phi) is 6.13. The van der Waals surface area contributed by atoms with Crippen LogP contribution in [0.4, 0.5) is 4.79 Å². The van der Waals surface area contributed by atoms with Gasteiger partial charge >= 0.3 is 6.16 Å². The SMILES string of the molecule is CCCCOC(=O)OC1C=C(Br)C=C(Br)C1. The first-order chi connectivity index (χ1) is 7.61. The fraction of sp³-hybridized carbons (Fsp3) is 0.545. The number of ether oxygens (including phenoxy) is 2. The van der Waals surface area contributed by atoms with Crippen LogP contribution in [0.2, 0.25) is 0 Å². The first kappa shape index (κ1) is 13.8. The Labute approximate surface area is 112 Å². The van der Waals surface area contributed by atoms with E-state index in [4.69, 9.17) is 9.47 Å². The monoisotopic (exact) mass is 352 g/mol. The molecule has 1 rings (SSSR count). The van der Waals surface area contributed by atoms with Gasteiger partial charge in [-0.1, -0.05) is 45.2 Å². The van der Waals surface area contributed by atoms with Crippen molar-refractivity contribution in [3.63, 3.8) is 0 Å². The average Bonchev–Trinajstić information content (AvgIpc) is 2.16. The predicted molar refractivity (Wildman–Crippen MR) is 69.8 cm³/mol. The summed E-state index contributed by atoms with van der Waals surface area (Å²) in [6.45, 7) is 2.46. The van der Waals surface area contributed by atoms with Crippen LogP contribution in [-0.4, -0.2) is 18.9 Å². The number of allylic oxidation sites excluding steroid dienone is 2. The van der Waals surface area contributed by atoms with Crippen molar-refractivity contribution in [2.24, 2.45) is 0 Å². The van der Waals surface area contributed by atoms with Gasteiger partial charge in [0.1, 0.15) is 6.10 Å². The second-order valence-electron chi connectivity index (χ2n) is 3.46. The minimum atomic E-state index is -0.600. The average molecular weight is 354 g/mol. The van der Waals surface area contributed by atoms with Crippen molar-refractivity contribution in [3.05, 3.63) is 21.1 Å². The highest BCUT2D eigenvalue weighted by Crippen LogP contribution is 2.27. The second kappa shape index (κ2) is 7.12. The van der Waals surface area contributed by atoms with Crippen LogP contribution in [0.1, 0.15) is 26.2 Å². The molecule has 0 saturated carbocycles. The molecule has 5 heteroatoms. The Morgan fingerprint density at radius 3 is 2.94 bits per heavy atom. The zero-order valence-electron chi connectivity index (χ0n) is 9.04. The molecule has 0 saturated heterocycles. The molecule has 0 fully saturated rings. The molecule has 1 unspecified atom stereocenters. The number of rotatable bonds is 4. The molecule has 0 spiro atoms. The predicted octanol–water partition coefficient (Wildman–Crippen LogP) is 4.27. The first-order valence-electron chi connectivity index (χ1n) is 5.18. The minimum absolute atomic E-state index is 0.261. The molecule has 1 aliphatic rings. The van der Waals surface area contributed by atoms with Gasteiger partial charge in [0.25, 0.3) is 0 Å². The molecular weight excluding hydrogens is 340 g/mol. The molecule has 0 aromatic heterocycles. The molecule has 1 atom stereocenters. The Hall–Kier alpha value is -0.290. The van der Waals surface area contributed by atoms with Crippen LogP contribution in [0.3, 0.4) is 0 Å². The van der Waals surface area contributed by atoms with Crippen molar-refractivity contribution in [2.45, 2.75) is 32.3 Å². The van der Waals surface area contributed by atoms with E-state index in [-0.39, 0.29) is 6.10 Å². The molecule has 90 valence electrons. The van der Waals surface area contributed by atoms with Gasteiger partial charge in [-0.25, -0.2) is 4.79 Å². The highest BCUT2D eigenvalue weighted by Gasteiger charge is 2.17. The second-order valence-corrected chi connectivity index (χ2v) is 5.39. The molecule has 0 aromatic carbocycles. The normalized spacial score (nSPS) is 19.8. The van der Waals surface area contributed by atoms with Crippen molar-refractivity contribution in [2.75, 3.05) is 6.61 Å². The van der Waals surface area contributed by atoms with Gasteiger partial charge in [-0.2, -0.15) is 0 Å². The summed E-state index contributed by atoms with van der Waals surface area (Å²) < 4.78 is 11.9. The molecule has 0 aliphatic heterocycles. The van der Waals surface area contributed by atoms with Gasteiger partial charge in [-0.05, 0) is 18.6 Å². The van der Waals surface area contributed by atoms with Crippen molar-refractivity contribution in [1.82, 2.24) is 0 Å². The van der Waals surface area contributed by atoms with E-state index in [9.17, 15) is 4.79 Å². The lowest BCUT2D eigenvalue weighted by Gasteiger charge is -2.17. The van der Waals surface area contributed by atoms with E-state index in [1.807, 2.05) is 19.1 Å². The summed E-state index contributed by atoms with van der Waals surface area (Å²) >= 11 is 6.73. The van der Waals surface area contributed by atoms with E-state index in [1.165, 1.54) is 0 Å². The molecule has 0 aromatic rings. The lowest BCUT2D eigenvalue weighted by molar-refractivity contribution is 0.0368. The van der Waals surface area contributed by atoms with E-state index in [2.05, 4.69) is 31.9 Å². The summed E-state index contributed by atoms with van der Waals surface area (Å²) in [7, 11) is 0. The summed E-state index contributed by atoms with van der Waals surface area (Å²) in [6.07, 6.45) is 5.42. The minimum Gasteiger partial charge on any atom is -0.434 e. The lowest BCUT2D eigenvalue weighted by Crippen LogP contribution is -2.19. The molecule has 0 heterocycles. The topological polar surface area (TPSA) is 35.5 Å². The van der Waals surface area contributed by atoms with E-state index in [0.29, 0.717) is 13.0 Å². The summed E-state index contributed by atoms with van der Waals surface area (Å²) in [5.74, 6) is 0. The number of hydrogen-bond donors (Lipinski definition) is 0. The maximum Gasteiger partial charge on any atom is 0.508 e. The van der Waals surface area contributed by atoms with E-state index in [1.54, 1.807) is 0 Å². The van der Waals surface area contributed by atoms with Crippen molar-refractivity contribution in [1.29, 1.82) is 0 Å². The van der Waals surface area contributed by atoms with Crippen LogP contribution in [-0.2, 0) is 9.47 Å². The van der Waals surface area contributed by atoms with Gasteiger partial charge in [0.2, 0.25) is 0 Å². The maximum atomic E-state index is 11.3. The first-order valence-corrected chi connectivity index (χ1v) is 6.77. The highest BCUT2D eigenvalue weighted by atomic mass is 79.9. The third kappa shape index (κ3) is 5.16. The molecule has 16 heavy (non-hydrogen) atoms. The van der Waals surface area contributed by atoms with Gasteiger partial charge in [0, 0.05) is 15.4 Å². The van der Waals surface area contributed by atoms with Gasteiger partial charge in [0.15, 0.2) is 0 Å². The van der Waals surface area contributed by atoms with E-state index in [0.717, 1.165) is 21.8 Å². The zero-order chi connectivity index (χ0) is 12.0. The molecule has 0 radical (unpaired) electrons. The molecular formula is C11H14Br2O3. The quantitative estimate of drug-likeness (QED) is 0.559. The number of carbonyl (C=O) groups excluding carboxylic acids is 1. The van der Waals surface area contributed by atoms with Gasteiger partial charge in [0.05, 0.1) is 6.61 Å². The van der Waals surface area contributed by atoms with Crippen LogP contribution in [0.5, 0.6) is 0 Å². The van der Waals surface area contributed by atoms with Crippen LogP contribution < -0.4 is 0 Å². The third-order valence-electron chi connectivity index (χ3n) is 2.00. The molecule has 0 bridgehead atoms. The van der Waals surface area contributed by atoms with Gasteiger partial charge in [-0.3, -0.25) is 0 Å². The van der Waals surface area contributed by atoms with Crippen molar-refractivity contribution >= 4 is 38.0 Å². The molecule has 3 nitrogen and oxygen atoms in total.